The summed E-state index contributed by atoms with van der Waals surface area (Å²) in [7, 11) is 0. The van der Waals surface area contributed by atoms with Crippen LogP contribution in [0, 0.1) is 16.2 Å². The smallest absolute Gasteiger partial charge is 0.326 e. The van der Waals surface area contributed by atoms with Crippen LogP contribution in [0.25, 0.3) is 0 Å². The Balaban J connectivity index is 5.00. The van der Waals surface area contributed by atoms with Gasteiger partial charge >= 0.3 is 5.97 Å². The van der Waals surface area contributed by atoms with Gasteiger partial charge in [0.2, 0.25) is 11.8 Å². The predicted octanol–water partition coefficient (Wildman–Crippen LogP) is -3.84. The van der Waals surface area contributed by atoms with E-state index in [4.69, 9.17) is 39.2 Å². The maximum absolute atomic E-state index is 12.8. The number of nitrogens with one attached hydrogen (secondary N) is 8. The van der Waals surface area contributed by atoms with Gasteiger partial charge in [-0.15, -0.1) is 0 Å². The van der Waals surface area contributed by atoms with Crippen molar-refractivity contribution < 1.29 is 19.5 Å². The fraction of sp³-hybridized carbons (Fsp3) is 0.667. The van der Waals surface area contributed by atoms with Crippen LogP contribution in [0.5, 0.6) is 0 Å². The molecule has 17 N–H and O–H groups in total. The van der Waals surface area contributed by atoms with E-state index in [1.54, 1.807) is 0 Å². The molecule has 0 aliphatic heterocycles. The van der Waals surface area contributed by atoms with Crippen LogP contribution in [-0.4, -0.2) is 78.5 Å². The van der Waals surface area contributed by atoms with Crippen molar-refractivity contribution in [1.82, 2.24) is 26.6 Å². The van der Waals surface area contributed by atoms with E-state index in [0.29, 0.717) is 25.8 Å². The average Bonchev–Trinajstić information content (AvgIpc) is 2.74. The van der Waals surface area contributed by atoms with Gasteiger partial charge in [0.15, 0.2) is 17.9 Å². The Bertz CT molecular complexity index is 717. The lowest BCUT2D eigenvalue weighted by Crippen LogP contribution is -2.54. The third kappa shape index (κ3) is 15.1. The molecule has 0 aliphatic carbocycles. The molecule has 34 heavy (non-hydrogen) atoms. The van der Waals surface area contributed by atoms with E-state index in [9.17, 15) is 19.5 Å². The van der Waals surface area contributed by atoms with Crippen molar-refractivity contribution in [2.24, 2.45) is 22.9 Å². The van der Waals surface area contributed by atoms with Gasteiger partial charge in [0.05, 0.1) is 6.04 Å². The molecule has 0 rings (SSSR count). The fourth-order valence-electron chi connectivity index (χ4n) is 2.81. The Labute approximate surface area is 197 Å². The lowest BCUT2D eigenvalue weighted by Gasteiger charge is -2.23. The van der Waals surface area contributed by atoms with E-state index in [2.05, 4.69) is 26.6 Å². The molecular weight excluding hydrogens is 448 g/mol. The van der Waals surface area contributed by atoms with Crippen LogP contribution >= 0.6 is 0 Å². The first kappa shape index (κ1) is 30.2. The summed E-state index contributed by atoms with van der Waals surface area (Å²) in [5.74, 6) is -3.19. The SMILES string of the molecule is N=C(N)NCCC[C@H](NC(=O)[C@H](CCCNC(=N)N)NC(=O)[C@@H](N)CCCNC(=N)N)C(=O)O. The second-order valence-electron chi connectivity index (χ2n) is 7.52. The maximum Gasteiger partial charge on any atom is 0.326 e. The van der Waals surface area contributed by atoms with Gasteiger partial charge in [-0.1, -0.05) is 0 Å². The van der Waals surface area contributed by atoms with Crippen molar-refractivity contribution >= 4 is 35.7 Å². The molecule has 3 atom stereocenters. The summed E-state index contributed by atoms with van der Waals surface area (Å²) in [6.45, 7) is 0.895. The predicted molar refractivity (Wildman–Crippen MR) is 127 cm³/mol. The highest BCUT2D eigenvalue weighted by Gasteiger charge is 2.27. The second-order valence-corrected chi connectivity index (χ2v) is 7.52. The van der Waals surface area contributed by atoms with Gasteiger partial charge in [-0.3, -0.25) is 25.8 Å². The number of amides is 2. The Hall–Kier alpha value is -3.82. The molecule has 16 heteroatoms. The van der Waals surface area contributed by atoms with Gasteiger partial charge in [-0.2, -0.15) is 0 Å². The molecule has 16 nitrogen and oxygen atoms in total. The number of carbonyl (C=O) groups is 3. The van der Waals surface area contributed by atoms with E-state index in [-0.39, 0.29) is 50.2 Å². The first-order valence-electron chi connectivity index (χ1n) is 10.8. The van der Waals surface area contributed by atoms with Gasteiger partial charge < -0.3 is 54.6 Å². The summed E-state index contributed by atoms with van der Waals surface area (Å²) in [6, 6.07) is -3.19. The van der Waals surface area contributed by atoms with E-state index in [1.165, 1.54) is 0 Å². The Morgan fingerprint density at radius 3 is 1.47 bits per heavy atom. The standard InChI is InChI=1S/C18H38N12O4/c19-10(4-1-7-26-16(20)21)13(31)29-11(5-2-8-27-17(22)23)14(32)30-12(15(33)34)6-3-9-28-18(24)25/h10-12H,1-9,19H2,(H,29,31)(H,30,32)(H,33,34)(H4,20,21,26)(H4,22,23,27)(H4,24,25,28)/t10-,11-,12-/m0/s1. The van der Waals surface area contributed by atoms with E-state index >= 15 is 0 Å². The first-order valence-corrected chi connectivity index (χ1v) is 10.8. The molecule has 0 aliphatic rings. The molecule has 0 spiro atoms. The number of guanidine groups is 3. The van der Waals surface area contributed by atoms with Crippen molar-refractivity contribution in [3.05, 3.63) is 0 Å². The summed E-state index contributed by atoms with van der Waals surface area (Å²) in [5.41, 5.74) is 21.5. The van der Waals surface area contributed by atoms with Gasteiger partial charge in [0, 0.05) is 19.6 Å². The lowest BCUT2D eigenvalue weighted by atomic mass is 10.1. The molecule has 0 aromatic heterocycles. The molecule has 0 aromatic rings. The van der Waals surface area contributed by atoms with Gasteiger partial charge in [-0.05, 0) is 38.5 Å². The zero-order valence-corrected chi connectivity index (χ0v) is 19.1. The van der Waals surface area contributed by atoms with Crippen molar-refractivity contribution in [1.29, 1.82) is 16.2 Å². The highest BCUT2D eigenvalue weighted by Crippen LogP contribution is 2.04. The zero-order valence-electron chi connectivity index (χ0n) is 19.1. The average molecular weight is 487 g/mol. The molecule has 0 fully saturated rings. The van der Waals surface area contributed by atoms with E-state index < -0.39 is 35.9 Å². The van der Waals surface area contributed by atoms with Gasteiger partial charge in [0.25, 0.3) is 0 Å². The van der Waals surface area contributed by atoms with Crippen molar-refractivity contribution in [3.63, 3.8) is 0 Å². The van der Waals surface area contributed by atoms with Crippen molar-refractivity contribution in [2.45, 2.75) is 56.7 Å². The number of nitrogens with two attached hydrogens (primary N) is 4. The summed E-state index contributed by atoms with van der Waals surface area (Å²) in [6.07, 6.45) is 1.65. The third-order valence-corrected chi connectivity index (χ3v) is 4.56. The minimum absolute atomic E-state index is 0.0799. The summed E-state index contributed by atoms with van der Waals surface area (Å²) < 4.78 is 0. The quantitative estimate of drug-likeness (QED) is 0.0536. The van der Waals surface area contributed by atoms with E-state index in [0.717, 1.165) is 0 Å². The molecule has 2 amide bonds. The molecule has 0 saturated carbocycles. The number of hydrogen-bond donors (Lipinski definition) is 13. The molecule has 0 radical (unpaired) electrons. The largest absolute Gasteiger partial charge is 0.480 e. The topological polar surface area (TPSA) is 307 Å². The number of carboxylic acids is 1. The Morgan fingerprint density at radius 2 is 1.06 bits per heavy atom. The van der Waals surface area contributed by atoms with Crippen LogP contribution in [0.4, 0.5) is 0 Å². The lowest BCUT2D eigenvalue weighted by molar-refractivity contribution is -0.142. The summed E-state index contributed by atoms with van der Waals surface area (Å²) >= 11 is 0. The van der Waals surface area contributed by atoms with Crippen molar-refractivity contribution in [3.8, 4) is 0 Å². The maximum atomic E-state index is 12.8. The van der Waals surface area contributed by atoms with Crippen LogP contribution in [0.3, 0.4) is 0 Å². The summed E-state index contributed by atoms with van der Waals surface area (Å²) in [4.78, 5) is 36.8. The molecule has 0 heterocycles. The first-order chi connectivity index (χ1) is 15.9. The minimum Gasteiger partial charge on any atom is -0.480 e. The molecule has 0 aromatic carbocycles. The number of rotatable bonds is 17. The number of carboxylic acid groups (broad SMARTS) is 1. The van der Waals surface area contributed by atoms with Gasteiger partial charge in [-0.25, -0.2) is 4.79 Å². The molecule has 0 bridgehead atoms. The minimum atomic E-state index is -1.24. The normalized spacial score (nSPS) is 13.0. The molecule has 0 unspecified atom stereocenters. The number of aliphatic carboxylic acids is 1. The number of carbonyl (C=O) groups excluding carboxylic acids is 2. The third-order valence-electron chi connectivity index (χ3n) is 4.56. The number of hydrogen-bond acceptors (Lipinski definition) is 7. The molecular formula is C18H38N12O4. The van der Waals surface area contributed by atoms with Crippen LogP contribution < -0.4 is 49.5 Å². The zero-order chi connectivity index (χ0) is 26.1. The van der Waals surface area contributed by atoms with Crippen LogP contribution in [0.2, 0.25) is 0 Å². The monoisotopic (exact) mass is 486 g/mol. The summed E-state index contributed by atoms with van der Waals surface area (Å²) in [5, 5.41) is 43.5. The van der Waals surface area contributed by atoms with Crippen molar-refractivity contribution in [2.75, 3.05) is 19.6 Å². The highest BCUT2D eigenvalue weighted by atomic mass is 16.4. The van der Waals surface area contributed by atoms with E-state index in [1.807, 2.05) is 0 Å². The van der Waals surface area contributed by atoms with Gasteiger partial charge in [0.1, 0.15) is 12.1 Å². The fourth-order valence-corrected chi connectivity index (χ4v) is 2.81. The highest BCUT2D eigenvalue weighted by molar-refractivity contribution is 5.91. The van der Waals surface area contributed by atoms with Crippen LogP contribution in [0.1, 0.15) is 38.5 Å². The Kier molecular flexibility index (Phi) is 14.9. The Morgan fingerprint density at radius 1 is 0.676 bits per heavy atom. The van der Waals surface area contributed by atoms with Crippen LogP contribution in [-0.2, 0) is 14.4 Å². The molecule has 194 valence electrons. The molecule has 0 saturated heterocycles. The second kappa shape index (κ2) is 16.8. The van der Waals surface area contributed by atoms with Crippen LogP contribution in [0.15, 0.2) is 0 Å².